The molecule has 0 radical (unpaired) electrons. The Labute approximate surface area is 125 Å². The van der Waals surface area contributed by atoms with Crippen LogP contribution in [0.4, 0.5) is 4.79 Å². The Balaban J connectivity index is 1.59. The van der Waals surface area contributed by atoms with E-state index >= 15 is 0 Å². The number of quaternary nitrogens is 1. The van der Waals surface area contributed by atoms with Crippen LogP contribution in [-0.4, -0.2) is 86.9 Å². The maximum Gasteiger partial charge on any atom is 0.407 e. The lowest BCUT2D eigenvalue weighted by Crippen LogP contribution is -2.69. The second-order valence-electron chi connectivity index (χ2n) is 5.68. The zero-order valence-corrected chi connectivity index (χ0v) is 12.5. The van der Waals surface area contributed by atoms with Gasteiger partial charge >= 0.3 is 6.09 Å². The van der Waals surface area contributed by atoms with Gasteiger partial charge in [0.15, 0.2) is 6.54 Å². The number of carbonyl (C=O) groups excluding carboxylic acids is 2. The molecule has 3 saturated heterocycles. The number of hydrogen-bond acceptors (Lipinski definition) is 4. The van der Waals surface area contributed by atoms with Gasteiger partial charge in [-0.15, -0.1) is 0 Å². The summed E-state index contributed by atoms with van der Waals surface area (Å²) < 4.78 is 5.68. The molecule has 0 unspecified atom stereocenters. The molecule has 3 aliphatic heterocycles. The van der Waals surface area contributed by atoms with E-state index in [2.05, 4.69) is 22.1 Å². The van der Waals surface area contributed by atoms with Gasteiger partial charge in [-0.05, 0) is 0 Å². The SMILES string of the molecule is C=CCOC(=O)NCCNC(=O)C[N+]12CCN(CC1)CC2. The minimum absolute atomic E-state index is 0.0617. The Morgan fingerprint density at radius 2 is 1.76 bits per heavy atom. The maximum atomic E-state index is 12.0. The van der Waals surface area contributed by atoms with Crippen LogP contribution >= 0.6 is 0 Å². The Hall–Kier alpha value is -1.60. The number of nitrogens with zero attached hydrogens (tertiary/aromatic N) is 2. The Bertz CT molecular complexity index is 378. The van der Waals surface area contributed by atoms with Crippen molar-refractivity contribution in [1.29, 1.82) is 0 Å². The molecule has 3 rings (SSSR count). The summed E-state index contributed by atoms with van der Waals surface area (Å²) in [5.74, 6) is 0.0617. The normalized spacial score (nSPS) is 27.0. The van der Waals surface area contributed by atoms with Gasteiger partial charge in [0.2, 0.25) is 0 Å². The number of hydrogen-bond donors (Lipinski definition) is 2. The monoisotopic (exact) mass is 297 g/mol. The number of carbonyl (C=O) groups is 2. The van der Waals surface area contributed by atoms with Crippen molar-refractivity contribution < 1.29 is 18.8 Å². The van der Waals surface area contributed by atoms with Crippen LogP contribution in [0.5, 0.6) is 0 Å². The average Bonchev–Trinajstić information content (AvgIpc) is 2.51. The largest absolute Gasteiger partial charge is 0.445 e. The predicted octanol–water partition coefficient (Wildman–Crippen LogP) is -0.839. The quantitative estimate of drug-likeness (QED) is 0.365. The molecule has 118 valence electrons. The molecule has 0 aromatic rings. The first kappa shape index (κ1) is 15.8. The van der Waals surface area contributed by atoms with Gasteiger partial charge in [-0.2, -0.15) is 0 Å². The van der Waals surface area contributed by atoms with Gasteiger partial charge in [-0.3, -0.25) is 9.69 Å². The van der Waals surface area contributed by atoms with E-state index in [4.69, 9.17) is 4.74 Å². The fourth-order valence-corrected chi connectivity index (χ4v) is 2.88. The molecule has 0 aromatic heterocycles. The summed E-state index contributed by atoms with van der Waals surface area (Å²) in [5.41, 5.74) is 0. The van der Waals surface area contributed by atoms with Crippen molar-refractivity contribution in [2.24, 2.45) is 0 Å². The highest BCUT2D eigenvalue weighted by atomic mass is 16.5. The molecule has 7 nitrogen and oxygen atoms in total. The van der Waals surface area contributed by atoms with Crippen LogP contribution < -0.4 is 10.6 Å². The van der Waals surface area contributed by atoms with Gasteiger partial charge in [-0.1, -0.05) is 12.7 Å². The van der Waals surface area contributed by atoms with Crippen molar-refractivity contribution in [2.45, 2.75) is 0 Å². The minimum Gasteiger partial charge on any atom is -0.445 e. The summed E-state index contributed by atoms with van der Waals surface area (Å²) in [6, 6.07) is 0. The molecule has 0 spiro atoms. The first-order valence-corrected chi connectivity index (χ1v) is 7.49. The molecule has 0 saturated carbocycles. The van der Waals surface area contributed by atoms with Gasteiger partial charge in [0, 0.05) is 32.7 Å². The van der Waals surface area contributed by atoms with Crippen LogP contribution in [0, 0.1) is 0 Å². The lowest BCUT2D eigenvalue weighted by atomic mass is 10.1. The molecule has 0 atom stereocenters. The molecule has 2 amide bonds. The van der Waals surface area contributed by atoms with Crippen LogP contribution in [0.25, 0.3) is 0 Å². The standard InChI is InChI=1S/C14H24N4O3/c1-2-11-21-14(20)16-4-3-15-13(19)12-18-8-5-17(6-9-18)7-10-18/h2H,1,3-12H2,(H-,15,16,19,20)/p+1. The van der Waals surface area contributed by atoms with Gasteiger partial charge in [0.1, 0.15) is 6.61 Å². The summed E-state index contributed by atoms with van der Waals surface area (Å²) in [5, 5.41) is 5.43. The van der Waals surface area contributed by atoms with Crippen molar-refractivity contribution in [2.75, 3.05) is 65.5 Å². The van der Waals surface area contributed by atoms with E-state index < -0.39 is 6.09 Å². The van der Waals surface area contributed by atoms with Crippen molar-refractivity contribution in [3.05, 3.63) is 12.7 Å². The second-order valence-corrected chi connectivity index (χ2v) is 5.68. The van der Waals surface area contributed by atoms with Crippen molar-refractivity contribution >= 4 is 12.0 Å². The van der Waals surface area contributed by atoms with Crippen molar-refractivity contribution in [1.82, 2.24) is 15.5 Å². The highest BCUT2D eigenvalue weighted by molar-refractivity contribution is 5.77. The van der Waals surface area contributed by atoms with Gasteiger partial charge < -0.3 is 19.9 Å². The zero-order valence-electron chi connectivity index (χ0n) is 12.5. The molecule has 3 aliphatic rings. The molecule has 0 aromatic carbocycles. The lowest BCUT2D eigenvalue weighted by Gasteiger charge is -2.50. The summed E-state index contributed by atoms with van der Waals surface area (Å²) in [6.07, 6.45) is 1.02. The average molecular weight is 297 g/mol. The van der Waals surface area contributed by atoms with Crippen LogP contribution in [0.1, 0.15) is 0 Å². The highest BCUT2D eigenvalue weighted by Crippen LogP contribution is 2.18. The zero-order chi connectivity index (χ0) is 15.1. The number of amides is 2. The number of ether oxygens (including phenoxy) is 1. The predicted molar refractivity (Wildman–Crippen MR) is 78.7 cm³/mol. The van der Waals surface area contributed by atoms with Crippen LogP contribution in [-0.2, 0) is 9.53 Å². The van der Waals surface area contributed by atoms with E-state index in [0.717, 1.165) is 43.8 Å². The summed E-state index contributed by atoms with van der Waals surface area (Å²) in [6.45, 7) is 11.5. The highest BCUT2D eigenvalue weighted by Gasteiger charge is 2.39. The van der Waals surface area contributed by atoms with Crippen molar-refractivity contribution in [3.8, 4) is 0 Å². The fourth-order valence-electron chi connectivity index (χ4n) is 2.88. The van der Waals surface area contributed by atoms with E-state index in [1.165, 1.54) is 6.08 Å². The van der Waals surface area contributed by atoms with Gasteiger partial charge in [-0.25, -0.2) is 4.79 Å². The number of nitrogens with one attached hydrogen (secondary N) is 2. The third kappa shape index (κ3) is 4.71. The van der Waals surface area contributed by atoms with Gasteiger partial charge in [0.25, 0.3) is 5.91 Å². The van der Waals surface area contributed by atoms with Crippen LogP contribution in [0.3, 0.4) is 0 Å². The van der Waals surface area contributed by atoms with E-state index in [-0.39, 0.29) is 12.5 Å². The molecule has 21 heavy (non-hydrogen) atoms. The minimum atomic E-state index is -0.488. The number of piperazine rings is 3. The molecule has 0 aliphatic carbocycles. The Morgan fingerprint density at radius 3 is 2.38 bits per heavy atom. The second kappa shape index (κ2) is 7.42. The maximum absolute atomic E-state index is 12.0. The van der Waals surface area contributed by atoms with E-state index in [0.29, 0.717) is 19.6 Å². The first-order valence-electron chi connectivity index (χ1n) is 7.49. The van der Waals surface area contributed by atoms with Gasteiger partial charge in [0.05, 0.1) is 19.6 Å². The lowest BCUT2D eigenvalue weighted by molar-refractivity contribution is -0.933. The summed E-state index contributed by atoms with van der Waals surface area (Å²) >= 11 is 0. The molecule has 2 bridgehead atoms. The van der Waals surface area contributed by atoms with Crippen molar-refractivity contribution in [3.63, 3.8) is 0 Å². The number of rotatable bonds is 7. The number of fused-ring (bicyclic) bond motifs is 3. The molecule has 7 heteroatoms. The Kier molecular flexibility index (Phi) is 5.58. The van der Waals surface area contributed by atoms with Crippen LogP contribution in [0.2, 0.25) is 0 Å². The smallest absolute Gasteiger partial charge is 0.407 e. The third-order valence-corrected chi connectivity index (χ3v) is 4.20. The van der Waals surface area contributed by atoms with Crippen LogP contribution in [0.15, 0.2) is 12.7 Å². The molecule has 3 fully saturated rings. The Morgan fingerprint density at radius 1 is 1.14 bits per heavy atom. The molecule has 2 N–H and O–H groups in total. The summed E-state index contributed by atoms with van der Waals surface area (Å²) in [4.78, 5) is 25.6. The molecular formula is C14H25N4O3+. The third-order valence-electron chi connectivity index (χ3n) is 4.20. The fraction of sp³-hybridized carbons (Fsp3) is 0.714. The molecule has 3 heterocycles. The number of alkyl carbamates (subject to hydrolysis) is 1. The topological polar surface area (TPSA) is 70.7 Å². The summed E-state index contributed by atoms with van der Waals surface area (Å²) in [7, 11) is 0. The molecular weight excluding hydrogens is 272 g/mol. The van der Waals surface area contributed by atoms with E-state index in [9.17, 15) is 9.59 Å². The van der Waals surface area contributed by atoms with E-state index in [1.807, 2.05) is 0 Å². The van der Waals surface area contributed by atoms with E-state index in [1.54, 1.807) is 0 Å². The first-order chi connectivity index (χ1) is 10.1.